The van der Waals surface area contributed by atoms with Crippen LogP contribution in [0.5, 0.6) is 0 Å². The summed E-state index contributed by atoms with van der Waals surface area (Å²) in [6.07, 6.45) is 2.83. The van der Waals surface area contributed by atoms with Crippen molar-refractivity contribution in [3.05, 3.63) is 58.5 Å². The number of hydrogen-bond donors (Lipinski definition) is 1. The van der Waals surface area contributed by atoms with Gasteiger partial charge >= 0.3 is 0 Å². The van der Waals surface area contributed by atoms with Crippen LogP contribution in [0.3, 0.4) is 0 Å². The number of furan rings is 1. The Morgan fingerprint density at radius 3 is 2.67 bits per heavy atom. The Morgan fingerprint density at radius 2 is 2.00 bits per heavy atom. The van der Waals surface area contributed by atoms with E-state index in [-0.39, 0.29) is 0 Å². The molecule has 0 saturated carbocycles. The number of nitrogens with one attached hydrogen (secondary N) is 1. The highest BCUT2D eigenvalue weighted by Gasteiger charge is 2.05. The lowest BCUT2D eigenvalue weighted by molar-refractivity contribution is 0.474. The van der Waals surface area contributed by atoms with Crippen LogP contribution in [0.25, 0.3) is 0 Å². The van der Waals surface area contributed by atoms with Gasteiger partial charge in [0.05, 0.1) is 17.3 Å². The van der Waals surface area contributed by atoms with Crippen molar-refractivity contribution in [2.75, 3.05) is 6.54 Å². The fourth-order valence-corrected chi connectivity index (χ4v) is 2.26. The van der Waals surface area contributed by atoms with Crippen molar-refractivity contribution in [2.24, 2.45) is 0 Å². The van der Waals surface area contributed by atoms with E-state index in [2.05, 4.69) is 58.5 Å². The first-order valence-corrected chi connectivity index (χ1v) is 7.04. The predicted octanol–water partition coefficient (Wildman–Crippen LogP) is 4.33. The van der Waals surface area contributed by atoms with Gasteiger partial charge in [0.1, 0.15) is 5.76 Å². The van der Waals surface area contributed by atoms with Gasteiger partial charge in [0.2, 0.25) is 0 Å². The second-order valence-electron chi connectivity index (χ2n) is 4.47. The van der Waals surface area contributed by atoms with Crippen molar-refractivity contribution in [2.45, 2.75) is 25.8 Å². The number of rotatable bonds is 6. The third-order valence-corrected chi connectivity index (χ3v) is 3.81. The van der Waals surface area contributed by atoms with E-state index < -0.39 is 0 Å². The molecule has 1 heterocycles. The summed E-state index contributed by atoms with van der Waals surface area (Å²) in [6.45, 7) is 4.03. The Labute approximate surface area is 117 Å². The summed E-state index contributed by atoms with van der Waals surface area (Å²) in [6, 6.07) is 12.5. The molecule has 1 atom stereocenters. The van der Waals surface area contributed by atoms with Crippen LogP contribution in [0.2, 0.25) is 0 Å². The maximum absolute atomic E-state index is 5.35. The highest BCUT2D eigenvalue weighted by Crippen LogP contribution is 2.19. The molecule has 0 amide bonds. The Morgan fingerprint density at radius 1 is 1.22 bits per heavy atom. The topological polar surface area (TPSA) is 25.2 Å². The maximum atomic E-state index is 5.35. The summed E-state index contributed by atoms with van der Waals surface area (Å²) >= 11 is 3.45. The monoisotopic (exact) mass is 307 g/mol. The van der Waals surface area contributed by atoms with Gasteiger partial charge in [0.25, 0.3) is 0 Å². The number of benzene rings is 1. The first-order valence-electron chi connectivity index (χ1n) is 6.25. The van der Waals surface area contributed by atoms with Gasteiger partial charge in [-0.15, -0.1) is 0 Å². The van der Waals surface area contributed by atoms with E-state index in [1.165, 1.54) is 5.56 Å². The van der Waals surface area contributed by atoms with Gasteiger partial charge in [-0.1, -0.05) is 37.3 Å². The quantitative estimate of drug-likeness (QED) is 0.804. The lowest BCUT2D eigenvalue weighted by Crippen LogP contribution is -2.16. The van der Waals surface area contributed by atoms with Gasteiger partial charge in [-0.05, 0) is 46.4 Å². The van der Waals surface area contributed by atoms with Crippen molar-refractivity contribution in [1.29, 1.82) is 0 Å². The minimum absolute atomic E-state index is 0.582. The van der Waals surface area contributed by atoms with E-state index >= 15 is 0 Å². The van der Waals surface area contributed by atoms with Gasteiger partial charge < -0.3 is 9.73 Å². The lowest BCUT2D eigenvalue weighted by Gasteiger charge is -2.12. The van der Waals surface area contributed by atoms with Crippen LogP contribution < -0.4 is 5.32 Å². The normalized spacial score (nSPS) is 12.6. The van der Waals surface area contributed by atoms with Crippen LogP contribution in [0.4, 0.5) is 0 Å². The largest absolute Gasteiger partial charge is 0.467 e. The maximum Gasteiger partial charge on any atom is 0.131 e. The van der Waals surface area contributed by atoms with E-state index in [9.17, 15) is 0 Å². The summed E-state index contributed by atoms with van der Waals surface area (Å²) < 4.78 is 6.38. The summed E-state index contributed by atoms with van der Waals surface area (Å²) in [7, 11) is 0. The molecule has 1 aromatic heterocycles. The van der Waals surface area contributed by atoms with Gasteiger partial charge in [-0.2, -0.15) is 0 Å². The smallest absolute Gasteiger partial charge is 0.131 e. The van der Waals surface area contributed by atoms with Crippen LogP contribution in [0.1, 0.15) is 30.6 Å². The number of halogens is 1. The van der Waals surface area contributed by atoms with Crippen LogP contribution in [0, 0.1) is 0 Å². The first kappa shape index (κ1) is 13.4. The average molecular weight is 308 g/mol. The standard InChI is InChI=1S/C15H18BrNO/c1-12(13-5-3-2-4-6-13)7-9-17-11-15-14(16)8-10-18-15/h2-6,8,10,12,17H,7,9,11H2,1H3. The molecule has 0 radical (unpaired) electrons. The summed E-state index contributed by atoms with van der Waals surface area (Å²) in [4.78, 5) is 0. The van der Waals surface area contributed by atoms with Crippen LogP contribution >= 0.6 is 15.9 Å². The third-order valence-electron chi connectivity index (χ3n) is 3.10. The van der Waals surface area contributed by atoms with Crippen molar-refractivity contribution in [3.63, 3.8) is 0 Å². The molecule has 2 aromatic rings. The molecule has 0 spiro atoms. The number of hydrogen-bond acceptors (Lipinski definition) is 2. The molecule has 0 fully saturated rings. The SMILES string of the molecule is CC(CCNCc1occc1Br)c1ccccc1. The average Bonchev–Trinajstić information content (AvgIpc) is 2.81. The zero-order valence-electron chi connectivity index (χ0n) is 10.5. The minimum atomic E-state index is 0.582. The van der Waals surface area contributed by atoms with E-state index in [4.69, 9.17) is 4.42 Å². The van der Waals surface area contributed by atoms with Crippen molar-refractivity contribution in [3.8, 4) is 0 Å². The molecule has 0 aliphatic carbocycles. The predicted molar refractivity (Wildman–Crippen MR) is 77.6 cm³/mol. The molecule has 1 aromatic carbocycles. The lowest BCUT2D eigenvalue weighted by atomic mass is 9.98. The molecule has 1 N–H and O–H groups in total. The van der Waals surface area contributed by atoms with Gasteiger partial charge in [-0.25, -0.2) is 0 Å². The van der Waals surface area contributed by atoms with Crippen LogP contribution in [-0.4, -0.2) is 6.54 Å². The molecule has 18 heavy (non-hydrogen) atoms. The van der Waals surface area contributed by atoms with E-state index in [0.717, 1.165) is 29.7 Å². The van der Waals surface area contributed by atoms with E-state index in [0.29, 0.717) is 5.92 Å². The van der Waals surface area contributed by atoms with Crippen LogP contribution in [0.15, 0.2) is 51.6 Å². The molecule has 0 aliphatic heterocycles. The molecule has 0 bridgehead atoms. The van der Waals surface area contributed by atoms with Gasteiger partial charge in [0.15, 0.2) is 0 Å². The summed E-state index contributed by atoms with van der Waals surface area (Å²) in [5.41, 5.74) is 1.40. The zero-order valence-corrected chi connectivity index (χ0v) is 12.1. The minimum Gasteiger partial charge on any atom is -0.467 e. The van der Waals surface area contributed by atoms with E-state index in [1.807, 2.05) is 6.07 Å². The first-order chi connectivity index (χ1) is 8.77. The zero-order chi connectivity index (χ0) is 12.8. The summed E-state index contributed by atoms with van der Waals surface area (Å²) in [5.74, 6) is 1.54. The molecule has 2 rings (SSSR count). The Hall–Kier alpha value is -1.06. The second kappa shape index (κ2) is 6.76. The fourth-order valence-electron chi connectivity index (χ4n) is 1.92. The van der Waals surface area contributed by atoms with E-state index in [1.54, 1.807) is 6.26 Å². The molecule has 96 valence electrons. The molecule has 3 heteroatoms. The fraction of sp³-hybridized carbons (Fsp3) is 0.333. The molecular weight excluding hydrogens is 290 g/mol. The van der Waals surface area contributed by atoms with Crippen molar-refractivity contribution in [1.82, 2.24) is 5.32 Å². The van der Waals surface area contributed by atoms with Crippen molar-refractivity contribution < 1.29 is 4.42 Å². The molecular formula is C15H18BrNO. The summed E-state index contributed by atoms with van der Waals surface area (Å²) in [5, 5.41) is 3.41. The Bertz CT molecular complexity index is 466. The van der Waals surface area contributed by atoms with Crippen LogP contribution in [-0.2, 0) is 6.54 Å². The molecule has 0 saturated heterocycles. The van der Waals surface area contributed by atoms with Crippen molar-refractivity contribution >= 4 is 15.9 Å². The van der Waals surface area contributed by atoms with Gasteiger partial charge in [0, 0.05) is 0 Å². The third kappa shape index (κ3) is 3.72. The second-order valence-corrected chi connectivity index (χ2v) is 5.32. The highest BCUT2D eigenvalue weighted by molar-refractivity contribution is 9.10. The molecule has 0 aliphatic rings. The molecule has 2 nitrogen and oxygen atoms in total. The highest BCUT2D eigenvalue weighted by atomic mass is 79.9. The Kier molecular flexibility index (Phi) is 5.02. The Balaban J connectivity index is 1.71. The molecule has 1 unspecified atom stereocenters. The van der Waals surface area contributed by atoms with Gasteiger partial charge in [-0.3, -0.25) is 0 Å².